The number of anilines is 1. The lowest BCUT2D eigenvalue weighted by molar-refractivity contribution is 0.434. The minimum absolute atomic E-state index is 0.558. The first kappa shape index (κ1) is 12.5. The van der Waals surface area contributed by atoms with Crippen molar-refractivity contribution in [2.75, 3.05) is 5.73 Å². The summed E-state index contributed by atoms with van der Waals surface area (Å²) >= 11 is 0. The van der Waals surface area contributed by atoms with Crippen molar-refractivity contribution >= 4 is 5.69 Å². The van der Waals surface area contributed by atoms with Gasteiger partial charge in [-0.25, -0.2) is 4.68 Å². The van der Waals surface area contributed by atoms with E-state index in [1.165, 1.54) is 0 Å². The van der Waals surface area contributed by atoms with Gasteiger partial charge in [-0.3, -0.25) is 0 Å². The van der Waals surface area contributed by atoms with Crippen LogP contribution in [0.1, 0.15) is 25.8 Å². The third-order valence-electron chi connectivity index (χ3n) is 3.24. The van der Waals surface area contributed by atoms with Gasteiger partial charge in [0.05, 0.1) is 0 Å². The molecule has 0 fully saturated rings. The predicted molar refractivity (Wildman–Crippen MR) is 71.9 cm³/mol. The van der Waals surface area contributed by atoms with Gasteiger partial charge in [0.2, 0.25) is 0 Å². The number of nitrogen functional groups attached to an aromatic ring is 1. The third kappa shape index (κ3) is 2.50. The molecule has 0 spiro atoms. The number of hydrogen-bond acceptors (Lipinski definition) is 4. The number of tetrazole rings is 1. The minimum atomic E-state index is 0.558. The second-order valence-corrected chi connectivity index (χ2v) is 4.77. The van der Waals surface area contributed by atoms with Gasteiger partial charge >= 0.3 is 0 Å². The minimum Gasteiger partial charge on any atom is -0.399 e. The molecule has 0 aliphatic heterocycles. The Hall–Kier alpha value is -1.91. The van der Waals surface area contributed by atoms with E-state index in [1.54, 1.807) is 0 Å². The van der Waals surface area contributed by atoms with Crippen LogP contribution < -0.4 is 5.73 Å². The van der Waals surface area contributed by atoms with Crippen molar-refractivity contribution in [1.29, 1.82) is 0 Å². The molecule has 1 aromatic carbocycles. The summed E-state index contributed by atoms with van der Waals surface area (Å²) in [6.07, 6.45) is 1.11. The van der Waals surface area contributed by atoms with E-state index in [1.807, 2.05) is 29.8 Å². The summed E-state index contributed by atoms with van der Waals surface area (Å²) in [5.74, 6) is 1.36. The highest BCUT2D eigenvalue weighted by Crippen LogP contribution is 2.21. The standard InChI is InChI=1S/C13H19N5/c1-4-9(2)8-18-13(15-16-17-18)11-5-6-12(14)10(3)7-11/h5-7,9H,4,8,14H2,1-3H3. The maximum absolute atomic E-state index is 5.82. The fraction of sp³-hybridized carbons (Fsp3) is 0.462. The van der Waals surface area contributed by atoms with E-state index >= 15 is 0 Å². The molecule has 5 heteroatoms. The van der Waals surface area contributed by atoms with E-state index in [0.29, 0.717) is 5.92 Å². The largest absolute Gasteiger partial charge is 0.399 e. The fourth-order valence-corrected chi connectivity index (χ4v) is 1.77. The summed E-state index contributed by atoms with van der Waals surface area (Å²) in [7, 11) is 0. The maximum Gasteiger partial charge on any atom is 0.182 e. The highest BCUT2D eigenvalue weighted by atomic mass is 15.5. The second-order valence-electron chi connectivity index (χ2n) is 4.77. The molecular weight excluding hydrogens is 226 g/mol. The van der Waals surface area contributed by atoms with Crippen molar-refractivity contribution in [2.24, 2.45) is 5.92 Å². The summed E-state index contributed by atoms with van der Waals surface area (Å²) in [6.45, 7) is 7.19. The third-order valence-corrected chi connectivity index (χ3v) is 3.24. The summed E-state index contributed by atoms with van der Waals surface area (Å²) in [4.78, 5) is 0. The zero-order valence-corrected chi connectivity index (χ0v) is 11.1. The van der Waals surface area contributed by atoms with Crippen LogP contribution in [0.2, 0.25) is 0 Å². The Kier molecular flexibility index (Phi) is 3.60. The molecular formula is C13H19N5. The summed E-state index contributed by atoms with van der Waals surface area (Å²) in [5.41, 5.74) is 8.67. The van der Waals surface area contributed by atoms with Gasteiger partial charge in [0.1, 0.15) is 0 Å². The summed E-state index contributed by atoms with van der Waals surface area (Å²) in [5, 5.41) is 11.9. The van der Waals surface area contributed by atoms with Gasteiger partial charge in [0, 0.05) is 17.8 Å². The number of aryl methyl sites for hydroxylation is 1. The molecule has 0 saturated heterocycles. The molecule has 96 valence electrons. The molecule has 2 aromatic rings. The molecule has 18 heavy (non-hydrogen) atoms. The van der Waals surface area contributed by atoms with E-state index in [-0.39, 0.29) is 0 Å². The van der Waals surface area contributed by atoms with E-state index in [4.69, 9.17) is 5.73 Å². The lowest BCUT2D eigenvalue weighted by Gasteiger charge is -2.10. The molecule has 2 N–H and O–H groups in total. The van der Waals surface area contributed by atoms with Crippen LogP contribution in [0.25, 0.3) is 11.4 Å². The number of rotatable bonds is 4. The lowest BCUT2D eigenvalue weighted by atomic mass is 10.1. The van der Waals surface area contributed by atoms with Crippen LogP contribution in [0.15, 0.2) is 18.2 Å². The van der Waals surface area contributed by atoms with Crippen LogP contribution in [0, 0.1) is 12.8 Å². The van der Waals surface area contributed by atoms with Crippen LogP contribution in [-0.2, 0) is 6.54 Å². The van der Waals surface area contributed by atoms with Crippen LogP contribution in [-0.4, -0.2) is 20.2 Å². The zero-order valence-electron chi connectivity index (χ0n) is 11.1. The number of benzene rings is 1. The topological polar surface area (TPSA) is 69.6 Å². The lowest BCUT2D eigenvalue weighted by Crippen LogP contribution is -2.10. The Morgan fingerprint density at radius 2 is 2.17 bits per heavy atom. The molecule has 1 heterocycles. The van der Waals surface area contributed by atoms with Gasteiger partial charge < -0.3 is 5.73 Å². The van der Waals surface area contributed by atoms with E-state index in [0.717, 1.165) is 35.6 Å². The van der Waals surface area contributed by atoms with Crippen molar-refractivity contribution < 1.29 is 0 Å². The normalized spacial score (nSPS) is 12.6. The van der Waals surface area contributed by atoms with Crippen molar-refractivity contribution in [2.45, 2.75) is 33.7 Å². The number of hydrogen-bond donors (Lipinski definition) is 1. The van der Waals surface area contributed by atoms with Crippen molar-refractivity contribution in [3.05, 3.63) is 23.8 Å². The van der Waals surface area contributed by atoms with Crippen molar-refractivity contribution in [3.8, 4) is 11.4 Å². The number of nitrogens with zero attached hydrogens (tertiary/aromatic N) is 4. The first-order chi connectivity index (χ1) is 8.61. The quantitative estimate of drug-likeness (QED) is 0.839. The average Bonchev–Trinajstić information content (AvgIpc) is 2.80. The smallest absolute Gasteiger partial charge is 0.182 e. The summed E-state index contributed by atoms with van der Waals surface area (Å²) in [6, 6.07) is 5.88. The Morgan fingerprint density at radius 1 is 1.39 bits per heavy atom. The molecule has 2 rings (SSSR count). The van der Waals surface area contributed by atoms with Gasteiger partial charge in [0.25, 0.3) is 0 Å². The predicted octanol–water partition coefficient (Wildman–Crippen LogP) is 2.28. The molecule has 0 amide bonds. The van der Waals surface area contributed by atoms with Gasteiger partial charge in [0.15, 0.2) is 5.82 Å². The molecule has 1 unspecified atom stereocenters. The number of aromatic nitrogens is 4. The zero-order chi connectivity index (χ0) is 13.1. The van der Waals surface area contributed by atoms with Gasteiger partial charge in [-0.05, 0) is 47.0 Å². The van der Waals surface area contributed by atoms with Crippen LogP contribution in [0.4, 0.5) is 5.69 Å². The monoisotopic (exact) mass is 245 g/mol. The first-order valence-corrected chi connectivity index (χ1v) is 6.24. The first-order valence-electron chi connectivity index (χ1n) is 6.24. The highest BCUT2D eigenvalue weighted by molar-refractivity contribution is 5.61. The number of nitrogens with two attached hydrogens (primary N) is 1. The molecule has 0 radical (unpaired) electrons. The molecule has 0 bridgehead atoms. The second kappa shape index (κ2) is 5.16. The van der Waals surface area contributed by atoms with Crippen molar-refractivity contribution in [1.82, 2.24) is 20.2 Å². The van der Waals surface area contributed by atoms with Crippen molar-refractivity contribution in [3.63, 3.8) is 0 Å². The molecule has 0 aliphatic rings. The Labute approximate surface area is 107 Å². The SMILES string of the molecule is CCC(C)Cn1nnnc1-c1ccc(N)c(C)c1. The molecule has 1 atom stereocenters. The van der Waals surface area contributed by atoms with E-state index in [9.17, 15) is 0 Å². The fourth-order valence-electron chi connectivity index (χ4n) is 1.77. The highest BCUT2D eigenvalue weighted by Gasteiger charge is 2.11. The summed E-state index contributed by atoms with van der Waals surface area (Å²) < 4.78 is 1.86. The molecule has 0 saturated carbocycles. The van der Waals surface area contributed by atoms with Gasteiger partial charge in [-0.15, -0.1) is 5.10 Å². The van der Waals surface area contributed by atoms with E-state index in [2.05, 4.69) is 29.4 Å². The average molecular weight is 245 g/mol. The molecule has 5 nitrogen and oxygen atoms in total. The van der Waals surface area contributed by atoms with E-state index < -0.39 is 0 Å². The Bertz CT molecular complexity index is 532. The van der Waals surface area contributed by atoms with Gasteiger partial charge in [-0.2, -0.15) is 0 Å². The maximum atomic E-state index is 5.82. The Balaban J connectivity index is 2.33. The van der Waals surface area contributed by atoms with Crippen LogP contribution in [0.3, 0.4) is 0 Å². The Morgan fingerprint density at radius 3 is 2.83 bits per heavy atom. The van der Waals surface area contributed by atoms with Gasteiger partial charge in [-0.1, -0.05) is 20.3 Å². The van der Waals surface area contributed by atoms with Crippen LogP contribution in [0.5, 0.6) is 0 Å². The molecule has 1 aromatic heterocycles. The molecule has 0 aliphatic carbocycles. The van der Waals surface area contributed by atoms with Crippen LogP contribution >= 0.6 is 0 Å².